The summed E-state index contributed by atoms with van der Waals surface area (Å²) >= 11 is 0. The molecular weight excluding hydrogens is 236 g/mol. The monoisotopic (exact) mass is 254 g/mol. The molecule has 19 heavy (non-hydrogen) atoms. The standard InChI is InChI=1S/C16H18N2O/c1-12(2)10-13-8-9-16(19)15(11-13)18-17-14-6-4-3-5-7-14/h3-9,11-12,19H,10H2,1-2H3/b18-17+. The van der Waals surface area contributed by atoms with E-state index in [9.17, 15) is 5.11 Å². The Balaban J connectivity index is 2.22. The zero-order valence-corrected chi connectivity index (χ0v) is 11.2. The van der Waals surface area contributed by atoms with E-state index in [1.165, 1.54) is 0 Å². The Labute approximate surface area is 113 Å². The third kappa shape index (κ3) is 3.91. The highest BCUT2D eigenvalue weighted by atomic mass is 16.3. The van der Waals surface area contributed by atoms with Gasteiger partial charge in [-0.05, 0) is 42.2 Å². The minimum atomic E-state index is 0.159. The van der Waals surface area contributed by atoms with Crippen LogP contribution in [0.4, 0.5) is 11.4 Å². The SMILES string of the molecule is CC(C)Cc1ccc(O)c(/N=N/c2ccccc2)c1. The Morgan fingerprint density at radius 2 is 1.74 bits per heavy atom. The topological polar surface area (TPSA) is 45.0 Å². The molecule has 0 aliphatic carbocycles. The second kappa shape index (κ2) is 6.14. The molecule has 1 N–H and O–H groups in total. The molecule has 0 atom stereocenters. The summed E-state index contributed by atoms with van der Waals surface area (Å²) in [5.41, 5.74) is 2.45. The first-order valence-electron chi connectivity index (χ1n) is 6.44. The Hall–Kier alpha value is -2.16. The van der Waals surface area contributed by atoms with Crippen LogP contribution in [0.1, 0.15) is 19.4 Å². The lowest BCUT2D eigenvalue weighted by molar-refractivity contribution is 0.476. The van der Waals surface area contributed by atoms with Crippen molar-refractivity contribution >= 4 is 11.4 Å². The maximum atomic E-state index is 9.79. The van der Waals surface area contributed by atoms with Gasteiger partial charge >= 0.3 is 0 Å². The molecule has 0 amide bonds. The van der Waals surface area contributed by atoms with E-state index in [0.717, 1.165) is 17.7 Å². The maximum Gasteiger partial charge on any atom is 0.143 e. The van der Waals surface area contributed by atoms with Crippen LogP contribution in [0.15, 0.2) is 58.8 Å². The summed E-state index contributed by atoms with van der Waals surface area (Å²) in [5, 5.41) is 18.0. The van der Waals surface area contributed by atoms with Gasteiger partial charge in [0.25, 0.3) is 0 Å². The van der Waals surface area contributed by atoms with Crippen molar-refractivity contribution < 1.29 is 5.11 Å². The first-order valence-corrected chi connectivity index (χ1v) is 6.44. The number of aromatic hydroxyl groups is 1. The second-order valence-corrected chi connectivity index (χ2v) is 4.96. The molecule has 98 valence electrons. The van der Waals surface area contributed by atoms with E-state index in [1.54, 1.807) is 6.07 Å². The summed E-state index contributed by atoms with van der Waals surface area (Å²) in [6, 6.07) is 15.0. The summed E-state index contributed by atoms with van der Waals surface area (Å²) < 4.78 is 0. The molecule has 0 saturated heterocycles. The van der Waals surface area contributed by atoms with E-state index >= 15 is 0 Å². The van der Waals surface area contributed by atoms with Crippen molar-refractivity contribution in [2.45, 2.75) is 20.3 Å². The lowest BCUT2D eigenvalue weighted by atomic mass is 10.0. The highest BCUT2D eigenvalue weighted by molar-refractivity contribution is 5.53. The van der Waals surface area contributed by atoms with Crippen LogP contribution in [-0.4, -0.2) is 5.11 Å². The molecule has 0 radical (unpaired) electrons. The summed E-state index contributed by atoms with van der Waals surface area (Å²) in [7, 11) is 0. The quantitative estimate of drug-likeness (QED) is 0.766. The van der Waals surface area contributed by atoms with Crippen molar-refractivity contribution in [2.24, 2.45) is 16.1 Å². The Bertz CT molecular complexity index is 562. The van der Waals surface area contributed by atoms with Gasteiger partial charge in [-0.25, -0.2) is 0 Å². The molecule has 3 nitrogen and oxygen atoms in total. The van der Waals surface area contributed by atoms with Crippen LogP contribution in [0.25, 0.3) is 0 Å². The number of benzene rings is 2. The van der Waals surface area contributed by atoms with Gasteiger partial charge < -0.3 is 5.11 Å². The molecule has 0 heterocycles. The van der Waals surface area contributed by atoms with Crippen LogP contribution < -0.4 is 0 Å². The third-order valence-corrected chi connectivity index (χ3v) is 2.71. The normalized spacial score (nSPS) is 11.3. The Morgan fingerprint density at radius 3 is 2.42 bits per heavy atom. The molecule has 0 fully saturated rings. The Morgan fingerprint density at radius 1 is 1.00 bits per heavy atom. The summed E-state index contributed by atoms with van der Waals surface area (Å²) in [4.78, 5) is 0. The minimum absolute atomic E-state index is 0.159. The van der Waals surface area contributed by atoms with Gasteiger partial charge in [-0.15, -0.1) is 5.11 Å². The number of nitrogens with zero attached hydrogens (tertiary/aromatic N) is 2. The Kier molecular flexibility index (Phi) is 4.29. The fourth-order valence-corrected chi connectivity index (χ4v) is 1.85. The first-order chi connectivity index (χ1) is 9.15. The second-order valence-electron chi connectivity index (χ2n) is 4.96. The minimum Gasteiger partial charge on any atom is -0.506 e. The maximum absolute atomic E-state index is 9.79. The lowest BCUT2D eigenvalue weighted by Crippen LogP contribution is -1.93. The van der Waals surface area contributed by atoms with Crippen molar-refractivity contribution in [3.63, 3.8) is 0 Å². The molecule has 2 rings (SSSR count). The van der Waals surface area contributed by atoms with E-state index in [1.807, 2.05) is 42.5 Å². The van der Waals surface area contributed by atoms with Crippen molar-refractivity contribution in [3.8, 4) is 5.75 Å². The van der Waals surface area contributed by atoms with Crippen molar-refractivity contribution in [2.75, 3.05) is 0 Å². The van der Waals surface area contributed by atoms with E-state index in [2.05, 4.69) is 24.1 Å². The average Bonchev–Trinajstić information content (AvgIpc) is 2.40. The van der Waals surface area contributed by atoms with E-state index in [4.69, 9.17) is 0 Å². The van der Waals surface area contributed by atoms with Gasteiger partial charge in [0, 0.05) is 0 Å². The van der Waals surface area contributed by atoms with E-state index < -0.39 is 0 Å². The van der Waals surface area contributed by atoms with Gasteiger partial charge in [0.15, 0.2) is 0 Å². The summed E-state index contributed by atoms with van der Waals surface area (Å²) in [5.74, 6) is 0.732. The number of azo groups is 1. The molecule has 0 aromatic heterocycles. The molecule has 0 aliphatic rings. The van der Waals surface area contributed by atoms with Gasteiger partial charge in [-0.3, -0.25) is 0 Å². The number of phenols is 1. The van der Waals surface area contributed by atoms with Crippen LogP contribution >= 0.6 is 0 Å². The van der Waals surface area contributed by atoms with Gasteiger partial charge in [-0.1, -0.05) is 38.1 Å². The highest BCUT2D eigenvalue weighted by Gasteiger charge is 2.04. The first kappa shape index (κ1) is 13.3. The van der Waals surface area contributed by atoms with E-state index in [0.29, 0.717) is 11.6 Å². The molecule has 3 heteroatoms. The van der Waals surface area contributed by atoms with Crippen LogP contribution in [0, 0.1) is 5.92 Å². The molecule has 0 bridgehead atoms. The van der Waals surface area contributed by atoms with Gasteiger partial charge in [0.05, 0.1) is 5.69 Å². The molecule has 0 saturated carbocycles. The van der Waals surface area contributed by atoms with Crippen molar-refractivity contribution in [3.05, 3.63) is 54.1 Å². The molecule has 2 aromatic carbocycles. The smallest absolute Gasteiger partial charge is 0.143 e. The number of phenolic OH excluding ortho intramolecular Hbond substituents is 1. The predicted octanol–water partition coefficient (Wildman–Crippen LogP) is 5.01. The van der Waals surface area contributed by atoms with Crippen LogP contribution in [0.2, 0.25) is 0 Å². The highest BCUT2D eigenvalue weighted by Crippen LogP contribution is 2.29. The fraction of sp³-hybridized carbons (Fsp3) is 0.250. The molecule has 0 aliphatic heterocycles. The van der Waals surface area contributed by atoms with E-state index in [-0.39, 0.29) is 5.75 Å². The zero-order chi connectivity index (χ0) is 13.7. The van der Waals surface area contributed by atoms with Gasteiger partial charge in [-0.2, -0.15) is 5.11 Å². The summed E-state index contributed by atoms with van der Waals surface area (Å²) in [6.07, 6.45) is 0.966. The number of rotatable bonds is 4. The summed E-state index contributed by atoms with van der Waals surface area (Å²) in [6.45, 7) is 4.33. The van der Waals surface area contributed by atoms with Crippen molar-refractivity contribution in [1.82, 2.24) is 0 Å². The van der Waals surface area contributed by atoms with Crippen LogP contribution in [0.3, 0.4) is 0 Å². The lowest BCUT2D eigenvalue weighted by Gasteiger charge is -2.06. The zero-order valence-electron chi connectivity index (χ0n) is 11.2. The van der Waals surface area contributed by atoms with Crippen LogP contribution in [0.5, 0.6) is 5.75 Å². The van der Waals surface area contributed by atoms with Crippen molar-refractivity contribution in [1.29, 1.82) is 0 Å². The molecule has 0 unspecified atom stereocenters. The fourth-order valence-electron chi connectivity index (χ4n) is 1.85. The number of hydrogen-bond acceptors (Lipinski definition) is 3. The largest absolute Gasteiger partial charge is 0.506 e. The molecule has 2 aromatic rings. The van der Waals surface area contributed by atoms with Gasteiger partial charge in [0.2, 0.25) is 0 Å². The predicted molar refractivity (Wildman–Crippen MR) is 77.3 cm³/mol. The third-order valence-electron chi connectivity index (χ3n) is 2.71. The molecule has 0 spiro atoms. The molecular formula is C16H18N2O. The number of hydrogen-bond donors (Lipinski definition) is 1. The van der Waals surface area contributed by atoms with Crippen LogP contribution in [-0.2, 0) is 6.42 Å². The van der Waals surface area contributed by atoms with Gasteiger partial charge in [0.1, 0.15) is 11.4 Å². The average molecular weight is 254 g/mol.